The number of aryl methyl sites for hydroxylation is 2. The maximum Gasteiger partial charge on any atom is 0.417 e. The van der Waals surface area contributed by atoms with Crippen molar-refractivity contribution >= 4 is 11.2 Å². The van der Waals surface area contributed by atoms with Crippen molar-refractivity contribution in [3.05, 3.63) is 27.2 Å². The van der Waals surface area contributed by atoms with Crippen molar-refractivity contribution in [1.29, 1.82) is 0 Å². The second-order valence-corrected chi connectivity index (χ2v) is 7.63. The first-order valence-corrected chi connectivity index (χ1v) is 8.83. The lowest BCUT2D eigenvalue weighted by Crippen LogP contribution is -2.59. The van der Waals surface area contributed by atoms with Crippen LogP contribution in [0.25, 0.3) is 11.2 Å². The number of aliphatic hydroxyl groups is 1. The summed E-state index contributed by atoms with van der Waals surface area (Å²) in [6.45, 7) is 0.807. The number of nitrogens with zero attached hydrogens (tertiary/aromatic N) is 4. The van der Waals surface area contributed by atoms with Crippen molar-refractivity contribution in [2.45, 2.75) is 57.3 Å². The lowest BCUT2D eigenvalue weighted by molar-refractivity contribution is -0.310. The summed E-state index contributed by atoms with van der Waals surface area (Å²) in [5.74, 6) is 0. The van der Waals surface area contributed by atoms with Crippen LogP contribution < -0.4 is 11.2 Å². The van der Waals surface area contributed by atoms with E-state index in [0.29, 0.717) is 6.42 Å². The van der Waals surface area contributed by atoms with Crippen LogP contribution in [0.3, 0.4) is 0 Å². The van der Waals surface area contributed by atoms with Crippen molar-refractivity contribution in [1.82, 2.24) is 18.7 Å². The van der Waals surface area contributed by atoms with E-state index in [2.05, 4.69) is 4.98 Å². The Labute approximate surface area is 153 Å². The number of rotatable bonds is 5. The van der Waals surface area contributed by atoms with Crippen LogP contribution in [0.1, 0.15) is 39.0 Å². The Hall–Kier alpha value is -2.10. The standard InChI is InChI=1S/C17H23F3N4O3/c1-15(27,17(18,19)20)16(6-4-7-16)8-5-9-24-13(25)11-12(21-10-22(11)2)23(3)14(24)26/h10,27H,4-9H2,1-3H3. The molecule has 1 fully saturated rings. The van der Waals surface area contributed by atoms with Crippen LogP contribution in [-0.2, 0) is 20.6 Å². The van der Waals surface area contributed by atoms with Gasteiger partial charge in [0.15, 0.2) is 16.8 Å². The molecule has 10 heteroatoms. The average Bonchev–Trinajstić information content (AvgIpc) is 2.91. The van der Waals surface area contributed by atoms with E-state index in [1.54, 1.807) is 7.05 Å². The summed E-state index contributed by atoms with van der Waals surface area (Å²) < 4.78 is 43.7. The second-order valence-electron chi connectivity index (χ2n) is 7.63. The summed E-state index contributed by atoms with van der Waals surface area (Å²) in [4.78, 5) is 29.1. The molecule has 2 aromatic heterocycles. The normalized spacial score (nSPS) is 19.1. The third-order valence-electron chi connectivity index (χ3n) is 6.13. The minimum absolute atomic E-state index is 0.0116. The SMILES string of the molecule is Cn1cnc2c1c(=O)n(CCCC1(C(C)(O)C(F)(F)F)CCC1)c(=O)n2C. The molecule has 0 saturated heterocycles. The Kier molecular flexibility index (Phi) is 4.53. The van der Waals surface area contributed by atoms with Crippen LogP contribution in [-0.4, -0.2) is 35.6 Å². The molecule has 0 radical (unpaired) electrons. The smallest absolute Gasteiger partial charge is 0.380 e. The van der Waals surface area contributed by atoms with Crippen molar-refractivity contribution in [3.63, 3.8) is 0 Å². The number of alkyl halides is 3. The van der Waals surface area contributed by atoms with E-state index in [9.17, 15) is 27.9 Å². The molecular formula is C17H23F3N4O3. The maximum atomic E-state index is 13.3. The zero-order chi connectivity index (χ0) is 20.2. The van der Waals surface area contributed by atoms with Gasteiger partial charge in [0.05, 0.1) is 6.33 Å². The molecule has 2 aromatic rings. The quantitative estimate of drug-likeness (QED) is 0.845. The van der Waals surface area contributed by atoms with Crippen molar-refractivity contribution in [2.24, 2.45) is 19.5 Å². The summed E-state index contributed by atoms with van der Waals surface area (Å²) >= 11 is 0. The zero-order valence-corrected chi connectivity index (χ0v) is 15.5. The van der Waals surface area contributed by atoms with Crippen molar-refractivity contribution < 1.29 is 18.3 Å². The van der Waals surface area contributed by atoms with Crippen LogP contribution in [0.5, 0.6) is 0 Å². The van der Waals surface area contributed by atoms with Crippen LogP contribution >= 0.6 is 0 Å². The third kappa shape index (κ3) is 2.81. The molecule has 1 aliphatic carbocycles. The number of fused-ring (bicyclic) bond motifs is 1. The molecule has 1 unspecified atom stereocenters. The summed E-state index contributed by atoms with van der Waals surface area (Å²) in [6.07, 6.45) is -1.87. The molecule has 0 bridgehead atoms. The molecule has 0 aliphatic heterocycles. The molecule has 1 atom stereocenters. The fourth-order valence-electron chi connectivity index (χ4n) is 4.05. The van der Waals surface area contributed by atoms with Gasteiger partial charge in [0.25, 0.3) is 5.56 Å². The maximum absolute atomic E-state index is 13.3. The van der Waals surface area contributed by atoms with Crippen molar-refractivity contribution in [2.75, 3.05) is 0 Å². The molecule has 3 rings (SSSR count). The average molecular weight is 388 g/mol. The molecule has 2 heterocycles. The van der Waals surface area contributed by atoms with Gasteiger partial charge in [-0.05, 0) is 32.6 Å². The number of hydrogen-bond acceptors (Lipinski definition) is 4. The Bertz CT molecular complexity index is 980. The van der Waals surface area contributed by atoms with E-state index in [4.69, 9.17) is 0 Å². The third-order valence-corrected chi connectivity index (χ3v) is 6.13. The minimum atomic E-state index is -4.73. The minimum Gasteiger partial charge on any atom is -0.380 e. The van der Waals surface area contributed by atoms with Gasteiger partial charge < -0.3 is 9.67 Å². The summed E-state index contributed by atoms with van der Waals surface area (Å²) in [5, 5.41) is 10.2. The summed E-state index contributed by atoms with van der Waals surface area (Å²) in [7, 11) is 3.13. The van der Waals surface area contributed by atoms with E-state index < -0.39 is 28.4 Å². The summed E-state index contributed by atoms with van der Waals surface area (Å²) in [5.41, 5.74) is -4.61. The van der Waals surface area contributed by atoms with Crippen LogP contribution in [0, 0.1) is 5.41 Å². The second kappa shape index (κ2) is 6.22. The lowest BCUT2D eigenvalue weighted by atomic mass is 9.56. The molecule has 1 N–H and O–H groups in total. The molecule has 150 valence electrons. The highest BCUT2D eigenvalue weighted by molar-refractivity contribution is 5.69. The lowest BCUT2D eigenvalue weighted by Gasteiger charge is -2.52. The highest BCUT2D eigenvalue weighted by Crippen LogP contribution is 2.57. The van der Waals surface area contributed by atoms with E-state index in [-0.39, 0.29) is 43.4 Å². The van der Waals surface area contributed by atoms with Gasteiger partial charge in [-0.3, -0.25) is 13.9 Å². The predicted octanol–water partition coefficient (Wildman–Crippen LogP) is 1.70. The van der Waals surface area contributed by atoms with Gasteiger partial charge in [-0.25, -0.2) is 9.78 Å². The Morgan fingerprint density at radius 2 is 1.89 bits per heavy atom. The van der Waals surface area contributed by atoms with Gasteiger partial charge in [-0.2, -0.15) is 13.2 Å². The number of hydrogen-bond donors (Lipinski definition) is 1. The van der Waals surface area contributed by atoms with Gasteiger partial charge in [0.2, 0.25) is 0 Å². The summed E-state index contributed by atoms with van der Waals surface area (Å²) in [6, 6.07) is 0. The fourth-order valence-corrected chi connectivity index (χ4v) is 4.05. The highest BCUT2D eigenvalue weighted by Gasteiger charge is 2.64. The number of halogens is 3. The van der Waals surface area contributed by atoms with Gasteiger partial charge >= 0.3 is 11.9 Å². The fraction of sp³-hybridized carbons (Fsp3) is 0.706. The van der Waals surface area contributed by atoms with Gasteiger partial charge in [-0.15, -0.1) is 0 Å². The first-order chi connectivity index (χ1) is 12.4. The Morgan fingerprint density at radius 1 is 1.26 bits per heavy atom. The van der Waals surface area contributed by atoms with Crippen LogP contribution in [0.4, 0.5) is 13.2 Å². The largest absolute Gasteiger partial charge is 0.417 e. The van der Waals surface area contributed by atoms with Gasteiger partial charge in [-0.1, -0.05) is 6.42 Å². The molecule has 27 heavy (non-hydrogen) atoms. The first kappa shape index (κ1) is 19.7. The van der Waals surface area contributed by atoms with E-state index in [0.717, 1.165) is 11.5 Å². The van der Waals surface area contributed by atoms with E-state index in [1.807, 2.05) is 0 Å². The Balaban J connectivity index is 1.87. The van der Waals surface area contributed by atoms with E-state index in [1.165, 1.54) is 22.5 Å². The molecule has 7 nitrogen and oxygen atoms in total. The van der Waals surface area contributed by atoms with Crippen LogP contribution in [0.15, 0.2) is 15.9 Å². The predicted molar refractivity (Wildman–Crippen MR) is 92.4 cm³/mol. The van der Waals surface area contributed by atoms with E-state index >= 15 is 0 Å². The zero-order valence-electron chi connectivity index (χ0n) is 15.5. The molecule has 0 aromatic carbocycles. The Morgan fingerprint density at radius 3 is 2.41 bits per heavy atom. The number of imidazole rings is 1. The highest BCUT2D eigenvalue weighted by atomic mass is 19.4. The topological polar surface area (TPSA) is 82.1 Å². The molecular weight excluding hydrogens is 365 g/mol. The molecule has 0 spiro atoms. The first-order valence-electron chi connectivity index (χ1n) is 8.83. The molecule has 1 saturated carbocycles. The monoisotopic (exact) mass is 388 g/mol. The molecule has 0 amide bonds. The number of aromatic nitrogens is 4. The van der Waals surface area contributed by atoms with Crippen LogP contribution in [0.2, 0.25) is 0 Å². The van der Waals surface area contributed by atoms with Gasteiger partial charge in [0, 0.05) is 26.1 Å². The molecule has 1 aliphatic rings. The van der Waals surface area contributed by atoms with Gasteiger partial charge in [0.1, 0.15) is 0 Å². The van der Waals surface area contributed by atoms with Crippen molar-refractivity contribution in [3.8, 4) is 0 Å².